The van der Waals surface area contributed by atoms with Gasteiger partial charge in [-0.15, -0.1) is 0 Å². The predicted octanol–water partition coefficient (Wildman–Crippen LogP) is 6.09. The summed E-state index contributed by atoms with van der Waals surface area (Å²) in [5.74, 6) is 0.703. The third kappa shape index (κ3) is 5.32. The molecule has 4 aliphatic carbocycles. The van der Waals surface area contributed by atoms with Gasteiger partial charge in [0.05, 0.1) is 13.2 Å². The van der Waals surface area contributed by atoms with E-state index in [0.29, 0.717) is 25.0 Å². The first kappa shape index (κ1) is 22.6. The van der Waals surface area contributed by atoms with Crippen molar-refractivity contribution in [3.8, 4) is 0 Å². The standard InChI is InChI=1S/C30H32O4/c31-27(13-11-23-7-3-1-4-8-23)33-21-29-16-25-15-26(17-29)19-30(18-25,20-29)22-34-28(32)14-12-24-9-5-2-6-10-24/h1-14,25-26H,15-22H2/b13-11-,14-12+. The number of carbonyl (C=O) groups excluding carboxylic acids is 2. The van der Waals surface area contributed by atoms with Crippen LogP contribution in [0.2, 0.25) is 0 Å². The molecule has 4 nitrogen and oxygen atoms in total. The SMILES string of the molecule is O=C(/C=C\c1ccccc1)OCC12CC3CC(C1)CC(COC(=O)/C=C/c1ccccc1)(C3)C2. The van der Waals surface area contributed by atoms with E-state index in [1.54, 1.807) is 12.2 Å². The van der Waals surface area contributed by atoms with Gasteiger partial charge in [-0.2, -0.15) is 0 Å². The van der Waals surface area contributed by atoms with Gasteiger partial charge in [0.2, 0.25) is 0 Å². The summed E-state index contributed by atoms with van der Waals surface area (Å²) in [5.41, 5.74) is 2.01. The predicted molar refractivity (Wildman–Crippen MR) is 132 cm³/mol. The van der Waals surface area contributed by atoms with Gasteiger partial charge in [-0.3, -0.25) is 0 Å². The van der Waals surface area contributed by atoms with E-state index in [1.807, 2.05) is 60.7 Å². The van der Waals surface area contributed by atoms with E-state index in [9.17, 15) is 9.59 Å². The van der Waals surface area contributed by atoms with Gasteiger partial charge in [0.25, 0.3) is 0 Å². The molecule has 0 aromatic heterocycles. The number of carbonyl (C=O) groups is 2. The van der Waals surface area contributed by atoms with Crippen molar-refractivity contribution in [2.75, 3.05) is 13.2 Å². The lowest BCUT2D eigenvalue weighted by Gasteiger charge is -2.61. The zero-order chi connectivity index (χ0) is 23.4. The van der Waals surface area contributed by atoms with Crippen molar-refractivity contribution in [1.82, 2.24) is 0 Å². The summed E-state index contributed by atoms with van der Waals surface area (Å²) in [6.07, 6.45) is 13.3. The third-order valence-corrected chi connectivity index (χ3v) is 7.77. The monoisotopic (exact) mass is 456 g/mol. The van der Waals surface area contributed by atoms with E-state index < -0.39 is 0 Å². The van der Waals surface area contributed by atoms with Gasteiger partial charge in [-0.05, 0) is 73.6 Å². The van der Waals surface area contributed by atoms with Gasteiger partial charge in [-0.25, -0.2) is 9.59 Å². The molecule has 34 heavy (non-hydrogen) atoms. The zero-order valence-corrected chi connectivity index (χ0v) is 19.5. The summed E-state index contributed by atoms with van der Waals surface area (Å²) < 4.78 is 11.5. The second-order valence-corrected chi connectivity index (χ2v) is 10.7. The van der Waals surface area contributed by atoms with Crippen LogP contribution in [0.15, 0.2) is 72.8 Å². The highest BCUT2D eigenvalue weighted by atomic mass is 16.5. The summed E-state index contributed by atoms with van der Waals surface area (Å²) in [4.78, 5) is 24.8. The van der Waals surface area contributed by atoms with E-state index >= 15 is 0 Å². The Kier molecular flexibility index (Phi) is 6.40. The molecular weight excluding hydrogens is 424 g/mol. The molecule has 4 saturated carbocycles. The first-order valence-corrected chi connectivity index (χ1v) is 12.3. The van der Waals surface area contributed by atoms with E-state index in [0.717, 1.165) is 43.2 Å². The Bertz CT molecular complexity index is 972. The molecular formula is C30H32O4. The van der Waals surface area contributed by atoms with Crippen LogP contribution in [0.25, 0.3) is 12.2 Å². The number of ether oxygens (including phenoxy) is 2. The normalized spacial score (nSPS) is 29.5. The van der Waals surface area contributed by atoms with Crippen molar-refractivity contribution in [2.45, 2.75) is 38.5 Å². The maximum atomic E-state index is 12.4. The molecule has 0 spiro atoms. The van der Waals surface area contributed by atoms with Crippen molar-refractivity contribution >= 4 is 24.1 Å². The van der Waals surface area contributed by atoms with Crippen LogP contribution in [-0.2, 0) is 19.1 Å². The van der Waals surface area contributed by atoms with Crippen molar-refractivity contribution in [3.05, 3.63) is 83.9 Å². The molecule has 4 heteroatoms. The van der Waals surface area contributed by atoms with Crippen molar-refractivity contribution in [1.29, 1.82) is 0 Å². The number of benzene rings is 2. The molecule has 0 aliphatic heterocycles. The Hall–Kier alpha value is -3.14. The highest BCUT2D eigenvalue weighted by Crippen LogP contribution is 2.65. The van der Waals surface area contributed by atoms with Gasteiger partial charge in [-0.1, -0.05) is 60.7 Å². The summed E-state index contributed by atoms with van der Waals surface area (Å²) in [6, 6.07) is 19.5. The molecule has 176 valence electrons. The van der Waals surface area contributed by atoms with Crippen LogP contribution < -0.4 is 0 Å². The lowest BCUT2D eigenvalue weighted by Crippen LogP contribution is -2.55. The van der Waals surface area contributed by atoms with E-state index in [-0.39, 0.29) is 22.8 Å². The van der Waals surface area contributed by atoms with Crippen LogP contribution in [0.1, 0.15) is 49.7 Å². The zero-order valence-electron chi connectivity index (χ0n) is 19.5. The topological polar surface area (TPSA) is 52.6 Å². The molecule has 2 aromatic rings. The number of rotatable bonds is 8. The molecule has 0 amide bonds. The quantitative estimate of drug-likeness (QED) is 0.356. The fourth-order valence-corrected chi connectivity index (χ4v) is 6.99. The molecule has 0 N–H and O–H groups in total. The smallest absolute Gasteiger partial charge is 0.330 e. The van der Waals surface area contributed by atoms with Crippen molar-refractivity contribution in [3.63, 3.8) is 0 Å². The van der Waals surface area contributed by atoms with E-state index in [1.165, 1.54) is 18.6 Å². The van der Waals surface area contributed by atoms with Crippen molar-refractivity contribution in [2.24, 2.45) is 22.7 Å². The van der Waals surface area contributed by atoms with E-state index in [2.05, 4.69) is 0 Å². The minimum absolute atomic E-state index is 0.0205. The van der Waals surface area contributed by atoms with Crippen LogP contribution in [0.3, 0.4) is 0 Å². The maximum Gasteiger partial charge on any atom is 0.330 e. The van der Waals surface area contributed by atoms with Crippen LogP contribution in [0.5, 0.6) is 0 Å². The van der Waals surface area contributed by atoms with E-state index in [4.69, 9.17) is 9.47 Å². The van der Waals surface area contributed by atoms with Gasteiger partial charge < -0.3 is 9.47 Å². The summed E-state index contributed by atoms with van der Waals surface area (Å²) >= 11 is 0. The van der Waals surface area contributed by atoms with Gasteiger partial charge >= 0.3 is 11.9 Å². The summed E-state index contributed by atoms with van der Waals surface area (Å²) in [6.45, 7) is 0.920. The molecule has 4 bridgehead atoms. The average Bonchev–Trinajstić information content (AvgIpc) is 2.84. The Morgan fingerprint density at radius 3 is 1.53 bits per heavy atom. The average molecular weight is 457 g/mol. The largest absolute Gasteiger partial charge is 0.462 e. The van der Waals surface area contributed by atoms with Crippen LogP contribution in [0, 0.1) is 22.7 Å². The summed E-state index contributed by atoms with van der Waals surface area (Å²) in [5, 5.41) is 0. The minimum atomic E-state index is -0.286. The first-order valence-electron chi connectivity index (χ1n) is 12.3. The molecule has 0 radical (unpaired) electrons. The minimum Gasteiger partial charge on any atom is -0.462 e. The molecule has 2 aromatic carbocycles. The molecule has 4 fully saturated rings. The fourth-order valence-electron chi connectivity index (χ4n) is 6.99. The second-order valence-electron chi connectivity index (χ2n) is 10.7. The fraction of sp³-hybridized carbons (Fsp3) is 0.400. The summed E-state index contributed by atoms with van der Waals surface area (Å²) in [7, 11) is 0. The number of esters is 2. The highest BCUT2D eigenvalue weighted by Gasteiger charge is 2.58. The van der Waals surface area contributed by atoms with Crippen molar-refractivity contribution < 1.29 is 19.1 Å². The third-order valence-electron chi connectivity index (χ3n) is 7.77. The molecule has 0 heterocycles. The number of hydrogen-bond donors (Lipinski definition) is 0. The molecule has 2 atom stereocenters. The highest BCUT2D eigenvalue weighted by molar-refractivity contribution is 5.87. The molecule has 6 rings (SSSR count). The van der Waals surface area contributed by atoms with Crippen LogP contribution in [0.4, 0.5) is 0 Å². The Morgan fingerprint density at radius 2 is 1.12 bits per heavy atom. The number of hydrogen-bond acceptors (Lipinski definition) is 4. The van der Waals surface area contributed by atoms with Crippen LogP contribution in [-0.4, -0.2) is 25.2 Å². The Labute approximate surface area is 201 Å². The van der Waals surface area contributed by atoms with Gasteiger partial charge in [0.15, 0.2) is 0 Å². The maximum absolute atomic E-state index is 12.4. The Morgan fingerprint density at radius 1 is 0.706 bits per heavy atom. The molecule has 0 saturated heterocycles. The first-order chi connectivity index (χ1) is 16.5. The molecule has 2 unspecified atom stereocenters. The van der Waals surface area contributed by atoms with Gasteiger partial charge in [0, 0.05) is 23.0 Å². The second kappa shape index (κ2) is 9.61. The Balaban J connectivity index is 1.18. The lowest BCUT2D eigenvalue weighted by atomic mass is 9.44. The van der Waals surface area contributed by atoms with Gasteiger partial charge in [0.1, 0.15) is 0 Å². The molecule has 4 aliphatic rings. The van der Waals surface area contributed by atoms with Crippen LogP contribution >= 0.6 is 0 Å². The lowest BCUT2D eigenvalue weighted by molar-refractivity contribution is -0.174.